The maximum Gasteiger partial charge on any atom is 0.254 e. The van der Waals surface area contributed by atoms with Gasteiger partial charge in [0.25, 0.3) is 5.91 Å². The summed E-state index contributed by atoms with van der Waals surface area (Å²) in [5.74, 6) is 1.30. The Morgan fingerprint density at radius 3 is 2.94 bits per heavy atom. The summed E-state index contributed by atoms with van der Waals surface area (Å²) >= 11 is 0. The fourth-order valence-corrected chi connectivity index (χ4v) is 5.37. The van der Waals surface area contributed by atoms with E-state index in [9.17, 15) is 9.18 Å². The molecule has 2 aliphatic heterocycles. The molecule has 0 bridgehead atoms. The van der Waals surface area contributed by atoms with Crippen LogP contribution in [0.3, 0.4) is 0 Å². The van der Waals surface area contributed by atoms with Crippen molar-refractivity contribution >= 4 is 16.8 Å². The largest absolute Gasteiger partial charge is 0.492 e. The van der Waals surface area contributed by atoms with E-state index < -0.39 is 0 Å². The van der Waals surface area contributed by atoms with Crippen LogP contribution in [0.25, 0.3) is 10.9 Å². The number of ether oxygens (including phenoxy) is 1. The Morgan fingerprint density at radius 1 is 1.27 bits per heavy atom. The molecular formula is C27H32FN3O2. The molecule has 5 nitrogen and oxygen atoms in total. The number of carbonyl (C=O) groups is 1. The van der Waals surface area contributed by atoms with Crippen LogP contribution in [0, 0.1) is 11.7 Å². The molecule has 0 radical (unpaired) electrons. The number of benzene rings is 2. The summed E-state index contributed by atoms with van der Waals surface area (Å²) in [6.07, 6.45) is 4.71. The number of nitrogens with zero attached hydrogens (tertiary/aromatic N) is 2. The van der Waals surface area contributed by atoms with E-state index in [4.69, 9.17) is 4.74 Å². The number of aromatic nitrogens is 1. The van der Waals surface area contributed by atoms with Gasteiger partial charge in [0.1, 0.15) is 18.2 Å². The lowest BCUT2D eigenvalue weighted by molar-refractivity contribution is 0.0808. The lowest BCUT2D eigenvalue weighted by Gasteiger charge is -2.36. The van der Waals surface area contributed by atoms with Crippen LogP contribution in [-0.4, -0.2) is 53.5 Å². The minimum atomic E-state index is -0.199. The topological polar surface area (TPSA) is 48.6 Å². The molecule has 1 N–H and O–H groups in total. The molecule has 0 aliphatic carbocycles. The molecule has 1 amide bonds. The second-order valence-corrected chi connectivity index (χ2v) is 9.90. The van der Waals surface area contributed by atoms with E-state index in [1.807, 2.05) is 25.4 Å². The van der Waals surface area contributed by atoms with Crippen LogP contribution < -0.4 is 4.74 Å². The van der Waals surface area contributed by atoms with E-state index in [-0.39, 0.29) is 17.8 Å². The van der Waals surface area contributed by atoms with Crippen LogP contribution in [0.15, 0.2) is 36.5 Å². The second kappa shape index (κ2) is 8.82. The smallest absolute Gasteiger partial charge is 0.254 e. The Labute approximate surface area is 194 Å². The Morgan fingerprint density at radius 2 is 2.12 bits per heavy atom. The van der Waals surface area contributed by atoms with Crippen molar-refractivity contribution in [3.05, 3.63) is 64.6 Å². The zero-order valence-corrected chi connectivity index (χ0v) is 19.7. The van der Waals surface area contributed by atoms with Crippen LogP contribution in [-0.2, 0) is 19.4 Å². The van der Waals surface area contributed by atoms with E-state index in [1.54, 1.807) is 17.0 Å². The van der Waals surface area contributed by atoms with E-state index in [1.165, 1.54) is 6.07 Å². The molecule has 6 heteroatoms. The first-order valence-corrected chi connectivity index (χ1v) is 11.9. The number of H-pyrrole nitrogens is 1. The van der Waals surface area contributed by atoms with Crippen LogP contribution in [0.5, 0.6) is 5.75 Å². The van der Waals surface area contributed by atoms with Crippen molar-refractivity contribution < 1.29 is 13.9 Å². The average Bonchev–Trinajstić information content (AvgIpc) is 3.32. The number of aryl methyl sites for hydroxylation is 1. The van der Waals surface area contributed by atoms with Crippen LogP contribution in [0.4, 0.5) is 4.39 Å². The first kappa shape index (κ1) is 22.0. The molecule has 3 heterocycles. The number of aromatic amines is 1. The normalized spacial score (nSPS) is 17.7. The summed E-state index contributed by atoms with van der Waals surface area (Å²) in [6, 6.07) is 9.21. The SMILES string of the molecule is CC(C)CN(CCCc1c[nH]c2ccc(F)cc12)C1COc2ccc3c(c2C1)C(=O)N(C)C3. The molecule has 5 rings (SSSR count). The Hall–Kier alpha value is -2.86. The first-order valence-electron chi connectivity index (χ1n) is 11.9. The lowest BCUT2D eigenvalue weighted by atomic mass is 9.93. The predicted molar refractivity (Wildman–Crippen MR) is 128 cm³/mol. The molecule has 0 fully saturated rings. The predicted octanol–water partition coefficient (Wildman–Crippen LogP) is 4.79. The molecule has 0 saturated carbocycles. The number of halogens is 1. The van der Waals surface area contributed by atoms with Gasteiger partial charge in [0.05, 0.1) is 5.56 Å². The second-order valence-electron chi connectivity index (χ2n) is 9.90. The van der Waals surface area contributed by atoms with Crippen molar-refractivity contribution in [3.63, 3.8) is 0 Å². The zero-order chi connectivity index (χ0) is 23.1. The highest BCUT2D eigenvalue weighted by Crippen LogP contribution is 2.36. The fraction of sp³-hybridized carbons (Fsp3) is 0.444. The van der Waals surface area contributed by atoms with Crippen molar-refractivity contribution in [1.82, 2.24) is 14.8 Å². The van der Waals surface area contributed by atoms with Crippen molar-refractivity contribution in [2.75, 3.05) is 26.7 Å². The third kappa shape index (κ3) is 4.24. The van der Waals surface area contributed by atoms with E-state index >= 15 is 0 Å². The van der Waals surface area contributed by atoms with Crippen molar-refractivity contribution in [3.8, 4) is 5.75 Å². The quantitative estimate of drug-likeness (QED) is 0.564. The van der Waals surface area contributed by atoms with E-state index in [2.05, 4.69) is 23.7 Å². The summed E-state index contributed by atoms with van der Waals surface area (Å²) in [5, 5.41) is 0.971. The van der Waals surface area contributed by atoms with E-state index in [0.29, 0.717) is 19.1 Å². The lowest BCUT2D eigenvalue weighted by Crippen LogP contribution is -2.45. The zero-order valence-electron chi connectivity index (χ0n) is 19.7. The summed E-state index contributed by atoms with van der Waals surface area (Å²) in [6.45, 7) is 7.71. The summed E-state index contributed by atoms with van der Waals surface area (Å²) in [7, 11) is 1.86. The molecule has 1 aromatic heterocycles. The van der Waals surface area contributed by atoms with Gasteiger partial charge in [0, 0.05) is 48.8 Å². The third-order valence-corrected chi connectivity index (χ3v) is 6.93. The monoisotopic (exact) mass is 449 g/mol. The molecular weight excluding hydrogens is 417 g/mol. The van der Waals surface area contributed by atoms with Crippen LogP contribution in [0.1, 0.15) is 47.3 Å². The first-order chi connectivity index (χ1) is 15.9. The number of nitrogens with one attached hydrogen (secondary N) is 1. The molecule has 0 saturated heterocycles. The Kier molecular flexibility index (Phi) is 5.87. The van der Waals surface area contributed by atoms with Gasteiger partial charge in [-0.05, 0) is 67.1 Å². The van der Waals surface area contributed by atoms with Gasteiger partial charge in [0.15, 0.2) is 0 Å². The van der Waals surface area contributed by atoms with Crippen LogP contribution >= 0.6 is 0 Å². The average molecular weight is 450 g/mol. The number of hydrogen-bond acceptors (Lipinski definition) is 3. The molecule has 33 heavy (non-hydrogen) atoms. The minimum Gasteiger partial charge on any atom is -0.492 e. The molecule has 1 atom stereocenters. The Bertz CT molecular complexity index is 1190. The number of amides is 1. The van der Waals surface area contributed by atoms with Gasteiger partial charge in [-0.2, -0.15) is 0 Å². The molecule has 2 aromatic carbocycles. The molecule has 1 unspecified atom stereocenters. The summed E-state index contributed by atoms with van der Waals surface area (Å²) in [5.41, 5.74) is 5.16. The van der Waals surface area contributed by atoms with Gasteiger partial charge in [-0.15, -0.1) is 0 Å². The molecule has 0 spiro atoms. The number of rotatable bonds is 7. The summed E-state index contributed by atoms with van der Waals surface area (Å²) in [4.78, 5) is 20.3. The number of fused-ring (bicyclic) bond motifs is 4. The van der Waals surface area contributed by atoms with E-state index in [0.717, 1.165) is 71.3 Å². The van der Waals surface area contributed by atoms with Crippen LogP contribution in [0.2, 0.25) is 0 Å². The Balaban J connectivity index is 1.31. The maximum absolute atomic E-state index is 13.7. The number of carbonyl (C=O) groups excluding carboxylic acids is 1. The van der Waals surface area contributed by atoms with Gasteiger partial charge in [0.2, 0.25) is 0 Å². The molecule has 174 valence electrons. The van der Waals surface area contributed by atoms with Gasteiger partial charge >= 0.3 is 0 Å². The minimum absolute atomic E-state index is 0.105. The molecule has 3 aromatic rings. The van der Waals surface area contributed by atoms with Gasteiger partial charge < -0.3 is 14.6 Å². The maximum atomic E-state index is 13.7. The van der Waals surface area contributed by atoms with Gasteiger partial charge in [-0.1, -0.05) is 19.9 Å². The van der Waals surface area contributed by atoms with Gasteiger partial charge in [-0.25, -0.2) is 4.39 Å². The summed E-state index contributed by atoms with van der Waals surface area (Å²) < 4.78 is 19.9. The standard InChI is InChI=1S/C27H32FN3O2/c1-17(2)14-31(10-4-5-18-13-29-24-8-7-20(28)11-22(18)24)21-12-23-25(33-16-21)9-6-19-15-30(3)27(32)26(19)23/h6-9,11,13,17,21,29H,4-5,10,12,14-16H2,1-3H3. The highest BCUT2D eigenvalue weighted by Gasteiger charge is 2.34. The van der Waals surface area contributed by atoms with Crippen molar-refractivity contribution in [1.29, 1.82) is 0 Å². The molecule has 2 aliphatic rings. The highest BCUT2D eigenvalue weighted by molar-refractivity contribution is 6.00. The van der Waals surface area contributed by atoms with Crippen molar-refractivity contribution in [2.24, 2.45) is 5.92 Å². The third-order valence-electron chi connectivity index (χ3n) is 6.93. The van der Waals surface area contributed by atoms with Crippen molar-refractivity contribution in [2.45, 2.75) is 45.7 Å². The fourth-order valence-electron chi connectivity index (χ4n) is 5.37. The number of hydrogen-bond donors (Lipinski definition) is 1. The highest BCUT2D eigenvalue weighted by atomic mass is 19.1. The van der Waals surface area contributed by atoms with Gasteiger partial charge in [-0.3, -0.25) is 9.69 Å².